The van der Waals surface area contributed by atoms with Crippen molar-refractivity contribution < 1.29 is 14.4 Å². The molecule has 1 aromatic rings. The molecule has 8 heteroatoms. The highest BCUT2D eigenvalue weighted by atomic mass is 35.5. The average Bonchev–Trinajstić information content (AvgIpc) is 3.01. The molecule has 1 aromatic carbocycles. The largest absolute Gasteiger partial charge is 0.348 e. The zero-order valence-corrected chi connectivity index (χ0v) is 25.8. The standard InChI is InChI=1S/C33H49ClN4O3/c1-37(2)32(41)33(26-10-4-3-5-11-26)16-18-38(19-17-33)31(40)29(20-23-12-14-27(34)15-13-23)36-30(39)28-21-24-8-6-7-9-25(24)22-35-28/h12-15,24-26,28-29,35H,3-11,16-22H2,1-2H3,(H,36,39). The molecular weight excluding hydrogens is 536 g/mol. The molecule has 226 valence electrons. The van der Waals surface area contributed by atoms with E-state index in [1.807, 2.05) is 43.3 Å². The van der Waals surface area contributed by atoms with E-state index < -0.39 is 11.5 Å². The van der Waals surface area contributed by atoms with Crippen LogP contribution in [0.15, 0.2) is 24.3 Å². The van der Waals surface area contributed by atoms with E-state index in [0.29, 0.717) is 55.1 Å². The topological polar surface area (TPSA) is 81.8 Å². The third-order valence-electron chi connectivity index (χ3n) is 10.7. The number of rotatable bonds is 7. The molecule has 2 aliphatic carbocycles. The van der Waals surface area contributed by atoms with Gasteiger partial charge in [0.05, 0.1) is 11.5 Å². The Labute approximate surface area is 251 Å². The lowest BCUT2D eigenvalue weighted by Gasteiger charge is -2.48. The summed E-state index contributed by atoms with van der Waals surface area (Å²) < 4.78 is 0. The van der Waals surface area contributed by atoms with Gasteiger partial charge in [-0.05, 0) is 80.5 Å². The van der Waals surface area contributed by atoms with Gasteiger partial charge in [0.1, 0.15) is 6.04 Å². The van der Waals surface area contributed by atoms with E-state index in [4.69, 9.17) is 11.6 Å². The highest BCUT2D eigenvalue weighted by Gasteiger charge is 2.49. The molecule has 0 radical (unpaired) electrons. The predicted molar refractivity (Wildman–Crippen MR) is 162 cm³/mol. The van der Waals surface area contributed by atoms with Crippen molar-refractivity contribution in [2.45, 2.75) is 95.6 Å². The highest BCUT2D eigenvalue weighted by Crippen LogP contribution is 2.47. The number of carbonyl (C=O) groups is 3. The normalized spacial score (nSPS) is 27.4. The second-order valence-corrected chi connectivity index (χ2v) is 13.8. The fourth-order valence-corrected chi connectivity index (χ4v) is 8.44. The maximum atomic E-state index is 14.1. The Kier molecular flexibility index (Phi) is 9.96. The van der Waals surface area contributed by atoms with E-state index in [0.717, 1.165) is 31.4 Å². The fourth-order valence-electron chi connectivity index (χ4n) is 8.32. The number of benzene rings is 1. The van der Waals surface area contributed by atoms with Gasteiger partial charge in [-0.15, -0.1) is 0 Å². The number of carbonyl (C=O) groups excluding carboxylic acids is 3. The van der Waals surface area contributed by atoms with Crippen LogP contribution in [0.25, 0.3) is 0 Å². The van der Waals surface area contributed by atoms with Crippen LogP contribution in [0, 0.1) is 23.2 Å². The van der Waals surface area contributed by atoms with Crippen LogP contribution in [-0.2, 0) is 20.8 Å². The van der Waals surface area contributed by atoms with Gasteiger partial charge in [-0.1, -0.05) is 62.3 Å². The van der Waals surface area contributed by atoms with Crippen LogP contribution in [0.3, 0.4) is 0 Å². The smallest absolute Gasteiger partial charge is 0.245 e. The van der Waals surface area contributed by atoms with Crippen molar-refractivity contribution in [3.63, 3.8) is 0 Å². The molecule has 3 amide bonds. The van der Waals surface area contributed by atoms with Crippen molar-refractivity contribution in [2.24, 2.45) is 23.2 Å². The monoisotopic (exact) mass is 584 g/mol. The molecule has 0 spiro atoms. The third-order valence-corrected chi connectivity index (χ3v) is 11.0. The first-order valence-corrected chi connectivity index (χ1v) is 16.4. The Morgan fingerprint density at radius 1 is 0.976 bits per heavy atom. The van der Waals surface area contributed by atoms with Crippen LogP contribution in [0.2, 0.25) is 5.02 Å². The van der Waals surface area contributed by atoms with Gasteiger partial charge in [0.2, 0.25) is 17.7 Å². The lowest BCUT2D eigenvalue weighted by Crippen LogP contribution is -2.59. The van der Waals surface area contributed by atoms with Gasteiger partial charge < -0.3 is 20.4 Å². The molecule has 41 heavy (non-hydrogen) atoms. The van der Waals surface area contributed by atoms with E-state index in [2.05, 4.69) is 10.6 Å². The van der Waals surface area contributed by atoms with Gasteiger partial charge >= 0.3 is 0 Å². The molecule has 2 saturated carbocycles. The zero-order chi connectivity index (χ0) is 29.0. The van der Waals surface area contributed by atoms with Crippen molar-refractivity contribution in [3.05, 3.63) is 34.9 Å². The maximum Gasteiger partial charge on any atom is 0.245 e. The SMILES string of the molecule is CN(C)C(=O)C1(C2CCCCC2)CCN(C(=O)C(Cc2ccc(Cl)cc2)NC(=O)C2CC3CCCCC3CN2)CC1. The molecule has 2 saturated heterocycles. The van der Waals surface area contributed by atoms with Crippen molar-refractivity contribution in [1.82, 2.24) is 20.4 Å². The average molecular weight is 585 g/mol. The molecule has 5 rings (SSSR count). The zero-order valence-electron chi connectivity index (χ0n) is 25.0. The number of piperidine rings is 2. The summed E-state index contributed by atoms with van der Waals surface area (Å²) in [5.41, 5.74) is 0.575. The first kappa shape index (κ1) is 30.3. The number of hydrogen-bond donors (Lipinski definition) is 2. The first-order chi connectivity index (χ1) is 19.8. The molecule has 2 aliphatic heterocycles. The van der Waals surface area contributed by atoms with Crippen LogP contribution in [0.4, 0.5) is 0 Å². The van der Waals surface area contributed by atoms with Crippen LogP contribution < -0.4 is 10.6 Å². The summed E-state index contributed by atoms with van der Waals surface area (Å²) in [6.07, 6.45) is 13.4. The minimum Gasteiger partial charge on any atom is -0.348 e. The summed E-state index contributed by atoms with van der Waals surface area (Å²) in [5.74, 6) is 1.74. The Bertz CT molecular complexity index is 1060. The van der Waals surface area contributed by atoms with E-state index in [-0.39, 0.29) is 23.8 Å². The van der Waals surface area contributed by atoms with Gasteiger partial charge in [-0.25, -0.2) is 0 Å². The van der Waals surface area contributed by atoms with Crippen molar-refractivity contribution in [3.8, 4) is 0 Å². The van der Waals surface area contributed by atoms with E-state index in [1.54, 1.807) is 4.90 Å². The molecule has 2 heterocycles. The second-order valence-electron chi connectivity index (χ2n) is 13.4. The van der Waals surface area contributed by atoms with Crippen molar-refractivity contribution >= 4 is 29.3 Å². The maximum absolute atomic E-state index is 14.1. The molecule has 4 atom stereocenters. The quantitative estimate of drug-likeness (QED) is 0.482. The summed E-state index contributed by atoms with van der Waals surface area (Å²) in [4.78, 5) is 44.9. The van der Waals surface area contributed by atoms with Crippen molar-refractivity contribution in [1.29, 1.82) is 0 Å². The number of fused-ring (bicyclic) bond motifs is 1. The summed E-state index contributed by atoms with van der Waals surface area (Å²) >= 11 is 6.13. The minimum atomic E-state index is -0.652. The van der Waals surface area contributed by atoms with Crippen LogP contribution in [0.1, 0.15) is 82.6 Å². The number of nitrogens with zero attached hydrogens (tertiary/aromatic N) is 2. The third kappa shape index (κ3) is 6.93. The molecule has 0 aromatic heterocycles. The molecular formula is C33H49ClN4O3. The molecule has 4 aliphatic rings. The lowest BCUT2D eigenvalue weighted by molar-refractivity contribution is -0.152. The summed E-state index contributed by atoms with van der Waals surface area (Å²) in [5, 5.41) is 7.30. The van der Waals surface area contributed by atoms with Crippen LogP contribution in [-0.4, -0.2) is 73.3 Å². The number of halogens is 1. The van der Waals surface area contributed by atoms with Gasteiger partial charge in [0.15, 0.2) is 0 Å². The summed E-state index contributed by atoms with van der Waals surface area (Å²) in [6.45, 7) is 1.98. The fraction of sp³-hybridized carbons (Fsp3) is 0.727. The number of nitrogens with one attached hydrogen (secondary N) is 2. The van der Waals surface area contributed by atoms with E-state index >= 15 is 0 Å². The predicted octanol–water partition coefficient (Wildman–Crippen LogP) is 4.81. The van der Waals surface area contributed by atoms with E-state index in [9.17, 15) is 14.4 Å². The second kappa shape index (κ2) is 13.5. The highest BCUT2D eigenvalue weighted by molar-refractivity contribution is 6.30. The summed E-state index contributed by atoms with van der Waals surface area (Å²) in [6, 6.07) is 6.62. The first-order valence-electron chi connectivity index (χ1n) is 16.1. The molecule has 2 N–H and O–H groups in total. The molecule has 7 nitrogen and oxygen atoms in total. The number of hydrogen-bond acceptors (Lipinski definition) is 4. The number of likely N-dealkylation sites (tertiary alicyclic amines) is 1. The lowest BCUT2D eigenvalue weighted by atomic mass is 9.63. The Hall–Kier alpha value is -2.12. The summed E-state index contributed by atoms with van der Waals surface area (Å²) in [7, 11) is 3.72. The van der Waals surface area contributed by atoms with Crippen molar-refractivity contribution in [2.75, 3.05) is 33.7 Å². The molecule has 4 unspecified atom stereocenters. The van der Waals surface area contributed by atoms with Crippen LogP contribution >= 0.6 is 11.6 Å². The molecule has 4 fully saturated rings. The minimum absolute atomic E-state index is 0.0470. The van der Waals surface area contributed by atoms with Gasteiger partial charge in [0, 0.05) is 38.6 Å². The van der Waals surface area contributed by atoms with Gasteiger partial charge in [-0.3, -0.25) is 14.4 Å². The van der Waals surface area contributed by atoms with Gasteiger partial charge in [0.25, 0.3) is 0 Å². The molecule has 0 bridgehead atoms. The Morgan fingerprint density at radius 2 is 1.61 bits per heavy atom. The van der Waals surface area contributed by atoms with Crippen LogP contribution in [0.5, 0.6) is 0 Å². The Morgan fingerprint density at radius 3 is 2.27 bits per heavy atom. The van der Waals surface area contributed by atoms with E-state index in [1.165, 1.54) is 44.9 Å². The number of amides is 3. The van der Waals surface area contributed by atoms with Gasteiger partial charge in [-0.2, -0.15) is 0 Å². The Balaban J connectivity index is 1.29.